The minimum atomic E-state index is -0.275. The second-order valence-electron chi connectivity index (χ2n) is 3.68. The van der Waals surface area contributed by atoms with Gasteiger partial charge in [-0.1, -0.05) is 12.8 Å². The van der Waals surface area contributed by atoms with Gasteiger partial charge < -0.3 is 5.43 Å². The van der Waals surface area contributed by atoms with E-state index in [1.54, 1.807) is 0 Å². The minimum Gasteiger partial charge on any atom is -0.306 e. The Bertz CT molecular complexity index is 249. The Labute approximate surface area is 83.8 Å². The molecule has 1 saturated carbocycles. The van der Waals surface area contributed by atoms with Gasteiger partial charge in [0.1, 0.15) is 0 Å². The molecule has 0 aromatic rings. The van der Waals surface area contributed by atoms with Crippen LogP contribution in [0.2, 0.25) is 0 Å². The maximum atomic E-state index is 11.0. The van der Waals surface area contributed by atoms with Crippen LogP contribution in [0.1, 0.15) is 39.5 Å². The molecule has 0 aromatic carbocycles. The zero-order valence-electron chi connectivity index (χ0n) is 8.67. The molecule has 0 atom stereocenters. The normalized spacial score (nSPS) is 16.4. The van der Waals surface area contributed by atoms with E-state index in [4.69, 9.17) is 0 Å². The molecule has 0 heterocycles. The highest BCUT2D eigenvalue weighted by atomic mass is 16.1. The maximum absolute atomic E-state index is 11.0. The first-order chi connectivity index (χ1) is 6.61. The summed E-state index contributed by atoms with van der Waals surface area (Å²) in [5.41, 5.74) is 2.92. The van der Waals surface area contributed by atoms with E-state index in [9.17, 15) is 9.59 Å². The Kier molecular flexibility index (Phi) is 3.80. The van der Waals surface area contributed by atoms with Gasteiger partial charge in [0.15, 0.2) is 17.3 Å². The molecular weight excluding hydrogens is 180 g/mol. The summed E-state index contributed by atoms with van der Waals surface area (Å²) < 4.78 is 0. The Balaban J connectivity index is 2.54. The van der Waals surface area contributed by atoms with Crippen LogP contribution in [0.15, 0.2) is 5.10 Å². The van der Waals surface area contributed by atoms with Crippen LogP contribution < -0.4 is 5.43 Å². The van der Waals surface area contributed by atoms with Crippen molar-refractivity contribution in [1.82, 2.24) is 5.43 Å². The lowest BCUT2D eigenvalue weighted by Gasteiger charge is -2.08. The third kappa shape index (κ3) is 2.94. The van der Waals surface area contributed by atoms with Crippen LogP contribution in [0.4, 0.5) is 0 Å². The third-order valence-corrected chi connectivity index (χ3v) is 2.38. The van der Waals surface area contributed by atoms with Crippen LogP contribution >= 0.6 is 0 Å². The van der Waals surface area contributed by atoms with Crippen molar-refractivity contribution in [2.75, 3.05) is 0 Å². The highest BCUT2D eigenvalue weighted by Gasteiger charge is 2.16. The van der Waals surface area contributed by atoms with Crippen LogP contribution in [0, 0.1) is 0 Å². The van der Waals surface area contributed by atoms with Crippen LogP contribution in [-0.4, -0.2) is 23.3 Å². The average molecular weight is 196 g/mol. The molecule has 1 aliphatic rings. The van der Waals surface area contributed by atoms with Crippen LogP contribution in [0.5, 0.6) is 0 Å². The summed E-state index contributed by atoms with van der Waals surface area (Å²) >= 11 is 0. The molecule has 1 fully saturated rings. The fourth-order valence-corrected chi connectivity index (χ4v) is 1.62. The van der Waals surface area contributed by atoms with Crippen molar-refractivity contribution in [2.45, 2.75) is 45.6 Å². The minimum absolute atomic E-state index is 0.0249. The SMILES string of the molecule is CC(=O)C(=NNC1CCCC1)C(C)=O. The van der Waals surface area contributed by atoms with E-state index in [1.165, 1.54) is 26.7 Å². The molecule has 0 aliphatic heterocycles. The fourth-order valence-electron chi connectivity index (χ4n) is 1.62. The van der Waals surface area contributed by atoms with Crippen LogP contribution in [0.25, 0.3) is 0 Å². The van der Waals surface area contributed by atoms with E-state index in [2.05, 4.69) is 10.5 Å². The molecule has 0 amide bonds. The van der Waals surface area contributed by atoms with Crippen molar-refractivity contribution in [3.63, 3.8) is 0 Å². The number of hydrogen-bond acceptors (Lipinski definition) is 4. The van der Waals surface area contributed by atoms with E-state index in [0.717, 1.165) is 12.8 Å². The van der Waals surface area contributed by atoms with Gasteiger partial charge >= 0.3 is 0 Å². The van der Waals surface area contributed by atoms with Gasteiger partial charge in [-0.2, -0.15) is 5.10 Å². The van der Waals surface area contributed by atoms with Crippen molar-refractivity contribution in [3.8, 4) is 0 Å². The number of hydrazone groups is 1. The smallest absolute Gasteiger partial charge is 0.183 e. The van der Waals surface area contributed by atoms with Crippen molar-refractivity contribution in [2.24, 2.45) is 5.10 Å². The number of carbonyl (C=O) groups excluding carboxylic acids is 2. The number of Topliss-reactive ketones (excluding diaryl/α,β-unsaturated/α-hetero) is 2. The van der Waals surface area contributed by atoms with Crippen molar-refractivity contribution in [3.05, 3.63) is 0 Å². The molecule has 14 heavy (non-hydrogen) atoms. The standard InChI is InChI=1S/C10H16N2O2/c1-7(13)10(8(2)14)12-11-9-5-3-4-6-9/h9,11H,3-6H2,1-2H3. The Morgan fingerprint density at radius 3 is 2.07 bits per heavy atom. The number of nitrogens with one attached hydrogen (secondary N) is 1. The summed E-state index contributed by atoms with van der Waals surface area (Å²) in [6.45, 7) is 2.72. The molecule has 78 valence electrons. The predicted octanol–water partition coefficient (Wildman–Crippen LogP) is 1.05. The largest absolute Gasteiger partial charge is 0.306 e. The molecule has 1 rings (SSSR count). The van der Waals surface area contributed by atoms with E-state index < -0.39 is 0 Å². The molecule has 1 aliphatic carbocycles. The number of ketones is 2. The molecule has 0 aromatic heterocycles. The molecule has 0 bridgehead atoms. The summed E-state index contributed by atoms with van der Waals surface area (Å²) in [6, 6.07) is 0.337. The molecule has 4 nitrogen and oxygen atoms in total. The van der Waals surface area contributed by atoms with Crippen LogP contribution in [0.3, 0.4) is 0 Å². The van der Waals surface area contributed by atoms with Gasteiger partial charge in [-0.3, -0.25) is 9.59 Å². The second kappa shape index (κ2) is 4.88. The number of rotatable bonds is 4. The Morgan fingerprint density at radius 1 is 1.14 bits per heavy atom. The van der Waals surface area contributed by atoms with E-state index in [0.29, 0.717) is 6.04 Å². The first kappa shape index (κ1) is 10.9. The van der Waals surface area contributed by atoms with Crippen LogP contribution in [-0.2, 0) is 9.59 Å². The summed E-state index contributed by atoms with van der Waals surface area (Å²) in [6.07, 6.45) is 4.55. The molecule has 0 spiro atoms. The van der Waals surface area contributed by atoms with Gasteiger partial charge in [-0.15, -0.1) is 0 Å². The Hall–Kier alpha value is -1.19. The van der Waals surface area contributed by atoms with E-state index in [1.807, 2.05) is 0 Å². The van der Waals surface area contributed by atoms with E-state index >= 15 is 0 Å². The molecular formula is C10H16N2O2. The zero-order chi connectivity index (χ0) is 10.6. The summed E-state index contributed by atoms with van der Waals surface area (Å²) in [5, 5.41) is 3.87. The Morgan fingerprint density at radius 2 is 1.64 bits per heavy atom. The molecule has 4 heteroatoms. The topological polar surface area (TPSA) is 58.5 Å². The molecule has 0 radical (unpaired) electrons. The van der Waals surface area contributed by atoms with Gasteiger partial charge in [-0.25, -0.2) is 0 Å². The van der Waals surface area contributed by atoms with Gasteiger partial charge in [0.05, 0.1) is 0 Å². The lowest BCUT2D eigenvalue weighted by atomic mass is 10.2. The zero-order valence-corrected chi connectivity index (χ0v) is 8.67. The van der Waals surface area contributed by atoms with Gasteiger partial charge in [0, 0.05) is 19.9 Å². The fraction of sp³-hybridized carbons (Fsp3) is 0.700. The van der Waals surface area contributed by atoms with Crippen molar-refractivity contribution >= 4 is 17.3 Å². The summed E-state index contributed by atoms with van der Waals surface area (Å²) in [4.78, 5) is 22.0. The van der Waals surface area contributed by atoms with E-state index in [-0.39, 0.29) is 17.3 Å². The first-order valence-corrected chi connectivity index (χ1v) is 4.96. The third-order valence-electron chi connectivity index (χ3n) is 2.38. The quantitative estimate of drug-likeness (QED) is 0.415. The lowest BCUT2D eigenvalue weighted by Crippen LogP contribution is -2.27. The second-order valence-corrected chi connectivity index (χ2v) is 3.68. The maximum Gasteiger partial charge on any atom is 0.183 e. The predicted molar refractivity (Wildman–Crippen MR) is 54.2 cm³/mol. The highest BCUT2D eigenvalue weighted by Crippen LogP contribution is 2.17. The molecule has 0 saturated heterocycles. The van der Waals surface area contributed by atoms with Gasteiger partial charge in [-0.05, 0) is 12.8 Å². The van der Waals surface area contributed by atoms with Crippen molar-refractivity contribution in [1.29, 1.82) is 0 Å². The van der Waals surface area contributed by atoms with Crippen molar-refractivity contribution < 1.29 is 9.59 Å². The lowest BCUT2D eigenvalue weighted by molar-refractivity contribution is -0.114. The molecule has 1 N–H and O–H groups in total. The highest BCUT2D eigenvalue weighted by molar-refractivity contribution is 6.65. The number of hydrogen-bond donors (Lipinski definition) is 1. The number of carbonyl (C=O) groups is 2. The summed E-state index contributed by atoms with van der Waals surface area (Å²) in [5.74, 6) is -0.550. The molecule has 0 unspecified atom stereocenters. The number of nitrogens with zero attached hydrogens (tertiary/aromatic N) is 1. The van der Waals surface area contributed by atoms with Gasteiger partial charge in [0.25, 0.3) is 0 Å². The van der Waals surface area contributed by atoms with Gasteiger partial charge in [0.2, 0.25) is 0 Å². The average Bonchev–Trinajstić information content (AvgIpc) is 2.55. The summed E-state index contributed by atoms with van der Waals surface area (Å²) in [7, 11) is 0. The monoisotopic (exact) mass is 196 g/mol. The first-order valence-electron chi connectivity index (χ1n) is 4.96.